The molecule has 1 heterocycles. The molecule has 2 aromatic rings. The zero-order valence-corrected chi connectivity index (χ0v) is 15.9. The van der Waals surface area contributed by atoms with Gasteiger partial charge in [-0.3, -0.25) is 4.79 Å². The number of carbonyl (C=O) groups excluding carboxylic acids is 1. The number of pyridine rings is 1. The molecule has 0 bridgehead atoms. The lowest BCUT2D eigenvalue weighted by atomic mass is 10.2. The van der Waals surface area contributed by atoms with Gasteiger partial charge in [0.25, 0.3) is 0 Å². The van der Waals surface area contributed by atoms with E-state index in [1.165, 1.54) is 12.1 Å². The zero-order chi connectivity index (χ0) is 17.2. The van der Waals surface area contributed by atoms with Crippen LogP contribution in [-0.2, 0) is 16.1 Å². The van der Waals surface area contributed by atoms with Gasteiger partial charge in [-0.25, -0.2) is 9.37 Å². The van der Waals surface area contributed by atoms with Crippen LogP contribution in [0.15, 0.2) is 42.6 Å². The molecule has 9 heteroatoms. The van der Waals surface area contributed by atoms with Crippen molar-refractivity contribution < 1.29 is 18.7 Å². The summed E-state index contributed by atoms with van der Waals surface area (Å²) in [6.07, 6.45) is 1.58. The Morgan fingerprint density at radius 2 is 2.04 bits per heavy atom. The van der Waals surface area contributed by atoms with Gasteiger partial charge in [-0.05, 0) is 18.2 Å². The summed E-state index contributed by atoms with van der Waals surface area (Å²) in [7, 11) is 1.60. The minimum atomic E-state index is -0.389. The number of ether oxygens (including phenoxy) is 2. The fourth-order valence-electron chi connectivity index (χ4n) is 1.93. The lowest BCUT2D eigenvalue weighted by Gasteiger charge is -2.11. The molecule has 0 fully saturated rings. The molecule has 0 aliphatic heterocycles. The Morgan fingerprint density at radius 3 is 2.77 bits per heavy atom. The van der Waals surface area contributed by atoms with E-state index in [-0.39, 0.29) is 49.6 Å². The summed E-state index contributed by atoms with van der Waals surface area (Å²) in [6.45, 7) is 1.61. The number of amides is 1. The van der Waals surface area contributed by atoms with E-state index in [1.54, 1.807) is 37.6 Å². The summed E-state index contributed by atoms with van der Waals surface area (Å²) < 4.78 is 23.7. The van der Waals surface area contributed by atoms with E-state index >= 15 is 0 Å². The topological polar surface area (TPSA) is 72.5 Å². The van der Waals surface area contributed by atoms with E-state index < -0.39 is 0 Å². The summed E-state index contributed by atoms with van der Waals surface area (Å²) in [6, 6.07) is 9.34. The van der Waals surface area contributed by atoms with E-state index in [0.717, 1.165) is 0 Å². The molecule has 1 aromatic heterocycles. The van der Waals surface area contributed by atoms with Crippen LogP contribution in [-0.4, -0.2) is 37.7 Å². The van der Waals surface area contributed by atoms with Crippen LogP contribution < -0.4 is 15.4 Å². The van der Waals surface area contributed by atoms with Crippen molar-refractivity contribution in [3.8, 4) is 11.6 Å². The van der Waals surface area contributed by atoms with Crippen LogP contribution in [0.25, 0.3) is 0 Å². The van der Waals surface area contributed by atoms with Crippen LogP contribution in [0, 0.1) is 5.82 Å². The number of rotatable bonds is 9. The van der Waals surface area contributed by atoms with Gasteiger partial charge in [-0.15, -0.1) is 24.8 Å². The van der Waals surface area contributed by atoms with E-state index in [9.17, 15) is 9.18 Å². The van der Waals surface area contributed by atoms with Gasteiger partial charge in [0, 0.05) is 38.0 Å². The Hall–Kier alpha value is -1.93. The first-order valence-electron chi connectivity index (χ1n) is 7.52. The second-order valence-electron chi connectivity index (χ2n) is 4.97. The average Bonchev–Trinajstić information content (AvgIpc) is 2.58. The summed E-state index contributed by atoms with van der Waals surface area (Å²) in [4.78, 5) is 15.9. The Balaban J connectivity index is 0.00000312. The quantitative estimate of drug-likeness (QED) is 0.627. The van der Waals surface area contributed by atoms with Crippen molar-refractivity contribution in [2.24, 2.45) is 0 Å². The lowest BCUT2D eigenvalue weighted by Crippen LogP contribution is -2.34. The fourth-order valence-corrected chi connectivity index (χ4v) is 1.93. The Morgan fingerprint density at radius 1 is 1.23 bits per heavy atom. The Bertz CT molecular complexity index is 677. The Labute approximate surface area is 164 Å². The van der Waals surface area contributed by atoms with Crippen LogP contribution in [0.1, 0.15) is 5.56 Å². The lowest BCUT2D eigenvalue weighted by molar-refractivity contribution is -0.120. The van der Waals surface area contributed by atoms with Crippen LogP contribution in [0.5, 0.6) is 11.6 Å². The largest absolute Gasteiger partial charge is 0.439 e. The van der Waals surface area contributed by atoms with Gasteiger partial charge in [0.1, 0.15) is 11.6 Å². The molecule has 2 N–H and O–H groups in total. The first kappa shape index (κ1) is 24.1. The van der Waals surface area contributed by atoms with Gasteiger partial charge in [-0.1, -0.05) is 12.1 Å². The number of nitrogens with zero attached hydrogens (tertiary/aromatic N) is 1. The van der Waals surface area contributed by atoms with Crippen LogP contribution in [0.4, 0.5) is 4.39 Å². The standard InChI is InChI=1S/C17H20FN3O3.2ClH/c1-23-9-8-19-12-16(22)21-11-13-4-3-7-20-17(13)24-15-6-2-5-14(18)10-15;;/h2-7,10,19H,8-9,11-12H2,1H3,(H,21,22);2*1H. The molecule has 6 nitrogen and oxygen atoms in total. The molecule has 0 aliphatic carbocycles. The van der Waals surface area contributed by atoms with Crippen molar-refractivity contribution in [1.29, 1.82) is 0 Å². The number of methoxy groups -OCH3 is 1. The number of carbonyl (C=O) groups is 1. The molecule has 144 valence electrons. The molecule has 0 radical (unpaired) electrons. The van der Waals surface area contributed by atoms with Crippen molar-refractivity contribution in [3.05, 3.63) is 54.0 Å². The highest BCUT2D eigenvalue weighted by atomic mass is 35.5. The molecule has 0 atom stereocenters. The predicted octanol–water partition coefficient (Wildman–Crippen LogP) is 2.71. The third-order valence-corrected chi connectivity index (χ3v) is 3.11. The fraction of sp³-hybridized carbons (Fsp3) is 0.294. The summed E-state index contributed by atoms with van der Waals surface area (Å²) in [5.41, 5.74) is 0.701. The SMILES string of the molecule is COCCNCC(=O)NCc1cccnc1Oc1cccc(F)c1.Cl.Cl. The molecule has 26 heavy (non-hydrogen) atoms. The molecule has 0 saturated carbocycles. The summed E-state index contributed by atoms with van der Waals surface area (Å²) in [5.74, 6) is 0.144. The van der Waals surface area contributed by atoms with Crippen LogP contribution in [0.3, 0.4) is 0 Å². The first-order chi connectivity index (χ1) is 11.7. The first-order valence-corrected chi connectivity index (χ1v) is 7.52. The van der Waals surface area contributed by atoms with Crippen molar-refractivity contribution in [1.82, 2.24) is 15.6 Å². The number of aromatic nitrogens is 1. The second kappa shape index (κ2) is 13.3. The van der Waals surface area contributed by atoms with Gasteiger partial charge in [0.05, 0.1) is 13.2 Å². The number of halogens is 3. The molecule has 2 rings (SSSR count). The summed E-state index contributed by atoms with van der Waals surface area (Å²) >= 11 is 0. The van der Waals surface area contributed by atoms with Gasteiger partial charge in [0.2, 0.25) is 11.8 Å². The summed E-state index contributed by atoms with van der Waals surface area (Å²) in [5, 5.41) is 5.73. The predicted molar refractivity (Wildman–Crippen MR) is 102 cm³/mol. The van der Waals surface area contributed by atoms with Crippen molar-refractivity contribution in [3.63, 3.8) is 0 Å². The molecule has 1 aromatic carbocycles. The van der Waals surface area contributed by atoms with Gasteiger partial charge in [-0.2, -0.15) is 0 Å². The van der Waals surface area contributed by atoms with Crippen molar-refractivity contribution in [2.75, 3.05) is 26.8 Å². The van der Waals surface area contributed by atoms with E-state index in [4.69, 9.17) is 9.47 Å². The maximum atomic E-state index is 13.2. The molecule has 0 saturated heterocycles. The van der Waals surface area contributed by atoms with Crippen LogP contribution >= 0.6 is 24.8 Å². The highest BCUT2D eigenvalue weighted by molar-refractivity contribution is 5.85. The van der Waals surface area contributed by atoms with Gasteiger partial charge >= 0.3 is 0 Å². The molecule has 0 spiro atoms. The van der Waals surface area contributed by atoms with Crippen molar-refractivity contribution >= 4 is 30.7 Å². The Kier molecular flexibility index (Phi) is 12.3. The number of nitrogens with one attached hydrogen (secondary N) is 2. The van der Waals surface area contributed by atoms with Crippen LogP contribution in [0.2, 0.25) is 0 Å². The van der Waals surface area contributed by atoms with Gasteiger partial charge in [0.15, 0.2) is 0 Å². The minimum Gasteiger partial charge on any atom is -0.439 e. The number of hydrogen-bond acceptors (Lipinski definition) is 5. The smallest absolute Gasteiger partial charge is 0.234 e. The minimum absolute atomic E-state index is 0. The maximum Gasteiger partial charge on any atom is 0.234 e. The van der Waals surface area contributed by atoms with Gasteiger partial charge < -0.3 is 20.1 Å². The third kappa shape index (κ3) is 8.44. The normalized spacial score (nSPS) is 9.62. The van der Waals surface area contributed by atoms with Crippen molar-refractivity contribution in [2.45, 2.75) is 6.54 Å². The molecule has 0 unspecified atom stereocenters. The zero-order valence-electron chi connectivity index (χ0n) is 14.2. The van der Waals surface area contributed by atoms with E-state index in [2.05, 4.69) is 15.6 Å². The monoisotopic (exact) mass is 405 g/mol. The maximum absolute atomic E-state index is 13.2. The number of benzene rings is 1. The number of hydrogen-bond donors (Lipinski definition) is 2. The third-order valence-electron chi connectivity index (χ3n) is 3.11. The highest BCUT2D eigenvalue weighted by Gasteiger charge is 2.08. The van der Waals surface area contributed by atoms with E-state index in [0.29, 0.717) is 30.3 Å². The molecular formula is C17H22Cl2FN3O3. The molecule has 1 amide bonds. The second-order valence-corrected chi connectivity index (χ2v) is 4.97. The average molecular weight is 406 g/mol. The van der Waals surface area contributed by atoms with E-state index in [1.807, 2.05) is 0 Å². The molecular weight excluding hydrogens is 384 g/mol. The highest BCUT2D eigenvalue weighted by Crippen LogP contribution is 2.23. The molecule has 0 aliphatic rings.